The fourth-order valence-electron chi connectivity index (χ4n) is 1.15. The Morgan fingerprint density at radius 1 is 1.31 bits per heavy atom. The molecule has 5 nitrogen and oxygen atoms in total. The third-order valence-corrected chi connectivity index (χ3v) is 1.97. The predicted molar refractivity (Wildman–Crippen MR) is 56.0 cm³/mol. The molecule has 0 bridgehead atoms. The van der Waals surface area contributed by atoms with Crippen LogP contribution in [0.2, 0.25) is 0 Å². The molecule has 0 fully saturated rings. The van der Waals surface area contributed by atoms with Crippen LogP contribution in [0.5, 0.6) is 0 Å². The van der Waals surface area contributed by atoms with Crippen molar-refractivity contribution in [3.8, 4) is 0 Å². The van der Waals surface area contributed by atoms with E-state index in [1.807, 2.05) is 0 Å². The molecule has 1 aromatic rings. The number of benzene rings is 1. The van der Waals surface area contributed by atoms with Gasteiger partial charge < -0.3 is 15.2 Å². The van der Waals surface area contributed by atoms with Gasteiger partial charge in [0.25, 0.3) is 5.91 Å². The molecule has 0 saturated carbocycles. The molecule has 1 unspecified atom stereocenters. The highest BCUT2D eigenvalue weighted by atomic mass is 16.4. The number of carbonyl (C=O) groups excluding carboxylic acids is 2. The van der Waals surface area contributed by atoms with E-state index in [-0.39, 0.29) is 6.42 Å². The second-order valence-electron chi connectivity index (χ2n) is 3.13. The number of nitrogens with one attached hydrogen (secondary N) is 1. The summed E-state index contributed by atoms with van der Waals surface area (Å²) in [6.07, 6.45) is 0.220. The highest BCUT2D eigenvalue weighted by Gasteiger charge is 2.19. The second-order valence-corrected chi connectivity index (χ2v) is 3.13. The molecule has 0 heterocycles. The monoisotopic (exact) mass is 221 g/mol. The number of aliphatic carboxylic acids is 1. The minimum Gasteiger partial charge on any atom is -0.480 e. The van der Waals surface area contributed by atoms with Crippen LogP contribution in [0, 0.1) is 0 Å². The third kappa shape index (κ3) is 3.20. The molecule has 84 valence electrons. The second kappa shape index (κ2) is 5.65. The van der Waals surface area contributed by atoms with Gasteiger partial charge in [0.15, 0.2) is 0 Å². The standard InChI is InChI=1S/C11H11NO4/c13-7-6-9(11(15)16)12-10(14)8-4-2-1-3-5-8/h1-5,7,9H,6H2,(H,12,14)(H,15,16). The summed E-state index contributed by atoms with van der Waals surface area (Å²) in [6, 6.07) is 7.04. The number of carboxylic acid groups (broad SMARTS) is 1. The Morgan fingerprint density at radius 2 is 1.94 bits per heavy atom. The summed E-state index contributed by atoms with van der Waals surface area (Å²) in [5.74, 6) is -1.73. The number of carboxylic acids is 1. The highest BCUT2D eigenvalue weighted by molar-refractivity contribution is 5.96. The average Bonchev–Trinajstić information content (AvgIpc) is 2.29. The summed E-state index contributed by atoms with van der Waals surface area (Å²) in [5, 5.41) is 11.0. The molecule has 0 spiro atoms. The van der Waals surface area contributed by atoms with Crippen molar-refractivity contribution in [1.82, 2.24) is 5.32 Å². The highest BCUT2D eigenvalue weighted by Crippen LogP contribution is 2.00. The lowest BCUT2D eigenvalue weighted by Crippen LogP contribution is -2.41. The number of hydrogen-bond donors (Lipinski definition) is 2. The van der Waals surface area contributed by atoms with Gasteiger partial charge in [-0.15, -0.1) is 0 Å². The van der Waals surface area contributed by atoms with Crippen LogP contribution < -0.4 is 5.32 Å². The summed E-state index contributed by atoms with van der Waals surface area (Å²) >= 11 is 0. The Bertz CT molecular complexity index is 388. The molecule has 1 amide bonds. The van der Waals surface area contributed by atoms with Crippen molar-refractivity contribution in [3.63, 3.8) is 0 Å². The van der Waals surface area contributed by atoms with Crippen molar-refractivity contribution in [1.29, 1.82) is 0 Å². The number of aldehydes is 1. The van der Waals surface area contributed by atoms with Crippen molar-refractivity contribution in [2.24, 2.45) is 0 Å². The molecule has 16 heavy (non-hydrogen) atoms. The van der Waals surface area contributed by atoms with Crippen LogP contribution in [0.1, 0.15) is 16.8 Å². The fraction of sp³-hybridized carbons (Fsp3) is 0.182. The first-order valence-electron chi connectivity index (χ1n) is 4.67. The third-order valence-electron chi connectivity index (χ3n) is 1.97. The van der Waals surface area contributed by atoms with Crippen molar-refractivity contribution >= 4 is 18.2 Å². The minimum absolute atomic E-state index is 0.242. The lowest BCUT2D eigenvalue weighted by atomic mass is 10.1. The van der Waals surface area contributed by atoms with Crippen LogP contribution in [0.3, 0.4) is 0 Å². The Balaban J connectivity index is 2.69. The lowest BCUT2D eigenvalue weighted by molar-refractivity contribution is -0.140. The molecule has 1 rings (SSSR count). The van der Waals surface area contributed by atoms with E-state index in [1.54, 1.807) is 30.3 Å². The number of amides is 1. The van der Waals surface area contributed by atoms with Gasteiger partial charge in [-0.05, 0) is 12.1 Å². The Morgan fingerprint density at radius 3 is 2.44 bits per heavy atom. The molecular weight excluding hydrogens is 210 g/mol. The first-order valence-corrected chi connectivity index (χ1v) is 4.67. The van der Waals surface area contributed by atoms with Crippen molar-refractivity contribution in [3.05, 3.63) is 35.9 Å². The molecule has 5 heteroatoms. The van der Waals surface area contributed by atoms with E-state index >= 15 is 0 Å². The number of carbonyl (C=O) groups is 3. The molecule has 0 aromatic heterocycles. The Hall–Kier alpha value is -2.17. The van der Waals surface area contributed by atoms with E-state index in [0.717, 1.165) is 0 Å². The van der Waals surface area contributed by atoms with Crippen LogP contribution in [-0.4, -0.2) is 29.3 Å². The largest absolute Gasteiger partial charge is 0.480 e. The van der Waals surface area contributed by atoms with Gasteiger partial charge in [-0.2, -0.15) is 0 Å². The summed E-state index contributed by atoms with van der Waals surface area (Å²) in [5.41, 5.74) is 0.361. The van der Waals surface area contributed by atoms with Crippen LogP contribution in [0.4, 0.5) is 0 Å². The van der Waals surface area contributed by atoms with Gasteiger partial charge in [0, 0.05) is 12.0 Å². The molecule has 2 N–H and O–H groups in total. The molecule has 0 aliphatic carbocycles. The number of hydrogen-bond acceptors (Lipinski definition) is 3. The summed E-state index contributed by atoms with van der Waals surface area (Å²) < 4.78 is 0. The number of rotatable bonds is 5. The van der Waals surface area contributed by atoms with Gasteiger partial charge in [-0.25, -0.2) is 4.79 Å². The van der Waals surface area contributed by atoms with Crippen LogP contribution in [0.15, 0.2) is 30.3 Å². The Kier molecular flexibility index (Phi) is 4.20. The zero-order valence-electron chi connectivity index (χ0n) is 8.42. The van der Waals surface area contributed by atoms with E-state index in [0.29, 0.717) is 11.8 Å². The van der Waals surface area contributed by atoms with Crippen LogP contribution in [0.25, 0.3) is 0 Å². The maximum Gasteiger partial charge on any atom is 0.326 e. The first-order chi connectivity index (χ1) is 7.65. The van der Waals surface area contributed by atoms with Crippen LogP contribution >= 0.6 is 0 Å². The fourth-order valence-corrected chi connectivity index (χ4v) is 1.15. The quantitative estimate of drug-likeness (QED) is 0.707. The van der Waals surface area contributed by atoms with E-state index < -0.39 is 17.9 Å². The average molecular weight is 221 g/mol. The summed E-state index contributed by atoms with van der Waals surface area (Å²) in [6.45, 7) is 0. The molecular formula is C11H11NO4. The smallest absolute Gasteiger partial charge is 0.326 e. The molecule has 0 saturated heterocycles. The zero-order valence-corrected chi connectivity index (χ0v) is 8.42. The van der Waals surface area contributed by atoms with E-state index in [9.17, 15) is 14.4 Å². The molecule has 0 radical (unpaired) electrons. The zero-order chi connectivity index (χ0) is 12.0. The normalized spacial score (nSPS) is 11.5. The molecule has 0 aliphatic rings. The van der Waals surface area contributed by atoms with Crippen molar-refractivity contribution in [2.45, 2.75) is 12.5 Å². The van der Waals surface area contributed by atoms with Gasteiger partial charge in [-0.1, -0.05) is 18.2 Å². The predicted octanol–water partition coefficient (Wildman–Crippen LogP) is 0.459. The van der Waals surface area contributed by atoms with Crippen molar-refractivity contribution in [2.75, 3.05) is 0 Å². The van der Waals surface area contributed by atoms with Gasteiger partial charge in [-0.3, -0.25) is 4.79 Å². The van der Waals surface area contributed by atoms with E-state index in [4.69, 9.17) is 5.11 Å². The SMILES string of the molecule is O=CCC(NC(=O)c1ccccc1)C(=O)O. The van der Waals surface area contributed by atoms with Gasteiger partial charge in [0.1, 0.15) is 12.3 Å². The lowest BCUT2D eigenvalue weighted by Gasteiger charge is -2.11. The van der Waals surface area contributed by atoms with E-state index in [1.165, 1.54) is 0 Å². The van der Waals surface area contributed by atoms with E-state index in [2.05, 4.69) is 5.32 Å². The Labute approximate surface area is 92.1 Å². The van der Waals surface area contributed by atoms with Gasteiger partial charge in [0.05, 0.1) is 0 Å². The minimum atomic E-state index is -1.23. The molecule has 0 aliphatic heterocycles. The molecule has 1 aromatic carbocycles. The maximum absolute atomic E-state index is 11.5. The molecule has 1 atom stereocenters. The van der Waals surface area contributed by atoms with Crippen LogP contribution in [-0.2, 0) is 9.59 Å². The maximum atomic E-state index is 11.5. The first kappa shape index (κ1) is 11.9. The van der Waals surface area contributed by atoms with Gasteiger partial charge >= 0.3 is 5.97 Å². The summed E-state index contributed by atoms with van der Waals surface area (Å²) in [4.78, 5) is 32.4. The summed E-state index contributed by atoms with van der Waals surface area (Å²) in [7, 11) is 0. The topological polar surface area (TPSA) is 83.5 Å². The van der Waals surface area contributed by atoms with Crippen molar-refractivity contribution < 1.29 is 19.5 Å². The van der Waals surface area contributed by atoms with Gasteiger partial charge in [0.2, 0.25) is 0 Å².